The summed E-state index contributed by atoms with van der Waals surface area (Å²) >= 11 is 0. The summed E-state index contributed by atoms with van der Waals surface area (Å²) in [7, 11) is 8.20. The number of piperidine rings is 4. The quantitative estimate of drug-likeness (QED) is 0.0320. The van der Waals surface area contributed by atoms with Crippen molar-refractivity contribution in [3.8, 4) is 68.6 Å². The summed E-state index contributed by atoms with van der Waals surface area (Å²) in [6.07, 6.45) is 10.1. The Hall–Kier alpha value is -13.4. The topological polar surface area (TPSA) is 343 Å². The number of aromatic hydroxyl groups is 3. The van der Waals surface area contributed by atoms with Crippen molar-refractivity contribution in [2.24, 2.45) is 0 Å². The minimum absolute atomic E-state index is 0.0218. The predicted octanol–water partition coefficient (Wildman–Crippen LogP) is 14.5. The van der Waals surface area contributed by atoms with Gasteiger partial charge in [0.05, 0.1) is 67.4 Å². The number of ether oxygens (including phenoxy) is 9. The molecule has 0 radical (unpaired) electrons. The lowest BCUT2D eigenvalue weighted by Gasteiger charge is -2.62. The zero-order valence-electron chi connectivity index (χ0n) is 79.3. The van der Waals surface area contributed by atoms with E-state index in [1.807, 2.05) is 83.5 Å². The summed E-state index contributed by atoms with van der Waals surface area (Å²) in [5, 5.41) is 89.2. The molecule has 6 fully saturated rings. The number of benzene rings is 10. The van der Waals surface area contributed by atoms with E-state index in [0.29, 0.717) is 140 Å². The molecule has 142 heavy (non-hydrogen) atoms. The lowest BCUT2D eigenvalue weighted by molar-refractivity contribution is -0.169. The fraction of sp³-hybridized carbons (Fsp3) is 0.360. The highest BCUT2D eigenvalue weighted by atomic mass is 19.1. The molecule has 10 aromatic carbocycles. The Morgan fingerprint density at radius 2 is 0.761 bits per heavy atom. The van der Waals surface area contributed by atoms with E-state index in [-0.39, 0.29) is 87.9 Å². The first-order chi connectivity index (χ1) is 68.1. The Kier molecular flexibility index (Phi) is 21.7. The third-order valence-corrected chi connectivity index (χ3v) is 34.6. The van der Waals surface area contributed by atoms with Crippen LogP contribution in [0.1, 0.15) is 177 Å². The van der Waals surface area contributed by atoms with E-state index in [2.05, 4.69) is 39.8 Å². The van der Waals surface area contributed by atoms with Gasteiger partial charge in [0.1, 0.15) is 58.0 Å². The van der Waals surface area contributed by atoms with Crippen LogP contribution in [-0.4, -0.2) is 216 Å². The van der Waals surface area contributed by atoms with Crippen molar-refractivity contribution in [2.45, 2.75) is 203 Å². The fourth-order valence-electron chi connectivity index (χ4n) is 27.6. The summed E-state index contributed by atoms with van der Waals surface area (Å²) in [5.74, 6) is -1.56. The van der Waals surface area contributed by atoms with Crippen molar-refractivity contribution in [2.75, 3.05) is 54.4 Å². The molecule has 4 saturated heterocycles. The number of likely N-dealkylation sites (N-methyl/N-ethyl adjacent to an activating group) is 4. The molecule has 8 heterocycles. The maximum Gasteiger partial charge on any atom is 0.347 e. The van der Waals surface area contributed by atoms with Crippen molar-refractivity contribution in [3.05, 3.63) is 331 Å². The van der Waals surface area contributed by atoms with Gasteiger partial charge in [-0.15, -0.1) is 0 Å². The molecule has 10 aromatic rings. The lowest BCUT2D eigenvalue weighted by Crippen LogP contribution is -2.74. The highest BCUT2D eigenvalue weighted by Crippen LogP contribution is 2.72. The molecule has 16 aliphatic rings. The molecule has 26 rings (SSSR count). The van der Waals surface area contributed by atoms with Gasteiger partial charge in [-0.05, 0) is 299 Å². The van der Waals surface area contributed by atoms with Crippen LogP contribution < -0.4 is 33.2 Å². The number of halogens is 2. The second-order valence-electron chi connectivity index (χ2n) is 41.5. The fourth-order valence-corrected chi connectivity index (χ4v) is 27.6. The van der Waals surface area contributed by atoms with Gasteiger partial charge in [-0.1, -0.05) is 103 Å². The molecule has 2 saturated carbocycles. The Morgan fingerprint density at radius 3 is 1.20 bits per heavy atom. The van der Waals surface area contributed by atoms with Gasteiger partial charge in [0.2, 0.25) is 0 Å². The smallest absolute Gasteiger partial charge is 0.347 e. The molecular formula is C114H108F2N4O22. The Bertz CT molecular complexity index is 7130. The van der Waals surface area contributed by atoms with Gasteiger partial charge in [-0.25, -0.2) is 32.8 Å². The van der Waals surface area contributed by atoms with Gasteiger partial charge < -0.3 is 103 Å². The first-order valence-electron chi connectivity index (χ1n) is 48.6. The average molecular weight is 1920 g/mol. The molecule has 8 bridgehead atoms. The van der Waals surface area contributed by atoms with Gasteiger partial charge in [-0.3, -0.25) is 0 Å². The first kappa shape index (κ1) is 92.3. The van der Waals surface area contributed by atoms with E-state index >= 15 is 0 Å². The highest BCUT2D eigenvalue weighted by Gasteiger charge is 2.77. The minimum atomic E-state index is -1.16. The number of hydrogen-bond acceptors (Lipinski definition) is 26. The molecule has 0 aromatic heterocycles. The van der Waals surface area contributed by atoms with Crippen molar-refractivity contribution < 1.29 is 116 Å². The largest absolute Gasteiger partial charge is 0.507 e. The molecule has 0 amide bonds. The number of phenols is 3. The van der Waals surface area contributed by atoms with Crippen LogP contribution >= 0.6 is 0 Å². The summed E-state index contributed by atoms with van der Waals surface area (Å²) in [6.45, 7) is 15.5. The maximum absolute atomic E-state index is 14.4. The van der Waals surface area contributed by atoms with Crippen LogP contribution in [-0.2, 0) is 63.4 Å². The second-order valence-corrected chi connectivity index (χ2v) is 41.5. The zero-order valence-corrected chi connectivity index (χ0v) is 79.3. The van der Waals surface area contributed by atoms with E-state index in [9.17, 15) is 73.6 Å². The van der Waals surface area contributed by atoms with E-state index in [4.69, 9.17) is 42.6 Å². The number of nitrogens with zero attached hydrogens (tertiary/aromatic N) is 4. The number of carbonyl (C=O) groups is 5. The number of esters is 5. The van der Waals surface area contributed by atoms with Gasteiger partial charge in [0, 0.05) is 70.9 Å². The number of aliphatic hydroxyl groups excluding tert-OH is 1. The Morgan fingerprint density at radius 1 is 0.394 bits per heavy atom. The zero-order chi connectivity index (χ0) is 98.9. The number of aliphatic hydroxyl groups is 5. The third-order valence-electron chi connectivity index (χ3n) is 34.6. The van der Waals surface area contributed by atoms with Gasteiger partial charge in [-0.2, -0.15) is 0 Å². The summed E-state index contributed by atoms with van der Waals surface area (Å²) in [4.78, 5) is 74.2. The normalized spacial score (nSPS) is 30.1. The van der Waals surface area contributed by atoms with E-state index in [1.54, 1.807) is 97.1 Å². The second kappa shape index (κ2) is 33.4. The van der Waals surface area contributed by atoms with Crippen LogP contribution in [0.25, 0.3) is 11.1 Å². The number of carbonyl (C=O) groups excluding carboxylic acids is 5. The summed E-state index contributed by atoms with van der Waals surface area (Å²) < 4.78 is 83.0. The molecule has 12 unspecified atom stereocenters. The molecular weight excluding hydrogens is 1820 g/mol. The number of aryl methyl sites for hydroxylation is 2. The molecule has 26 nitrogen and oxygen atoms in total. The van der Waals surface area contributed by atoms with Crippen LogP contribution in [0.3, 0.4) is 0 Å². The number of phenolic OH excluding ortho intramolecular Hbond substituents is 3. The standard InChI is InChI=1S/C33H31NO7.C31H27F2NO5.2C25H25NO5/c1-19-3-7-21(8-4-19)31(37)40-25-13-14-33(38)26-17-23-11-12-24(39-30(36)22-9-5-20(18-35)6-10-22)28-27(23)32(33,29(25)41-28)15-16-34(26)2;1-16-9-10-31(37)25-14-18-4-8-24(27-26(18)30(31,28(16)39-27)11-12-34(25)2)38-29(36)21-13-17(3-7-23(21)35)20-6-5-19(32)15-22(20)33;1-14-3-5-15(6-4-14)23(28)30-18-9-10-25(29)19-13-16-7-8-17(27)21-20(16)24(25,22(18)31-21)11-12-26(19)2;1-14-9-10-25(29)19-13-15-7-8-18(30-23(28)16-5-3-4-6-17(16)27)21-20(15)24(25,22(14)31-21)11-12-26(19)2/h3-13,26,29,35,38H,14-18H2,1-2H3;3-8,13,15,25,28,35,37H,1,9-12,14H2,2H3;3-9,19,22,27,29H,10-13H2,1-2H3;3-8,19,22,27,29H,1,9-13H2,2H3/t26?,29?,32?,33-;25?,28?,30?,31-;2*19?,22?,24?,25-/m1111/s1. The average Bonchev–Trinajstić information content (AvgIpc) is 1.39. The molecule has 4 spiro atoms. The van der Waals surface area contributed by atoms with Crippen molar-refractivity contribution in [3.63, 3.8) is 0 Å². The van der Waals surface area contributed by atoms with Gasteiger partial charge in [0.15, 0.2) is 58.2 Å². The predicted molar refractivity (Wildman–Crippen MR) is 515 cm³/mol. The molecule has 8 N–H and O–H groups in total. The van der Waals surface area contributed by atoms with E-state index in [0.717, 1.165) is 118 Å². The SMILES string of the molecule is C=C1CC[C@@]2(O)C3Cc4ccc(OC(=O)c5cc(-c6ccc(F)cc6F)ccc5O)c5c4C2(CCN3C)C1O5.C=C1CC[C@@]2(O)C3Cc4ccc(OC(=O)c5ccccc5O)c5c4C2(CCN3C)C1O5.Cc1ccc(C(=O)OC2=CC[C@@]3(O)C4Cc5ccc(O)c6c5C3(CCN4C)C2O6)cc1.Cc1ccc(C(=O)OC2=CC[C@@]3(O)C4Cc5ccc(OC(=O)c6ccc(CO)cc6)c6c5C3(CCN4C)C2O6)cc1. The molecule has 730 valence electrons. The van der Waals surface area contributed by atoms with E-state index < -0.39 is 104 Å². The van der Waals surface area contributed by atoms with Crippen LogP contribution in [0.4, 0.5) is 8.78 Å². The molecule has 28 heteroatoms. The maximum atomic E-state index is 14.4. The summed E-state index contributed by atoms with van der Waals surface area (Å²) in [6, 6.07) is 48.9. The number of para-hydroxylation sites is 1. The van der Waals surface area contributed by atoms with Crippen LogP contribution in [0.15, 0.2) is 230 Å². The van der Waals surface area contributed by atoms with Gasteiger partial charge in [0.25, 0.3) is 0 Å². The number of hydrogen-bond donors (Lipinski definition) is 8. The Balaban J connectivity index is 0.000000106. The highest BCUT2D eigenvalue weighted by molar-refractivity contribution is 5.97. The molecule has 8 aliphatic carbocycles. The van der Waals surface area contributed by atoms with Crippen LogP contribution in [0, 0.1) is 25.5 Å². The Labute approximate surface area is 817 Å². The third kappa shape index (κ3) is 13.3. The van der Waals surface area contributed by atoms with Crippen molar-refractivity contribution >= 4 is 29.8 Å². The minimum Gasteiger partial charge on any atom is -0.507 e. The first-order valence-corrected chi connectivity index (χ1v) is 48.6. The summed E-state index contributed by atoms with van der Waals surface area (Å²) in [5.41, 5.74) is 7.13. The number of likely N-dealkylation sites (tertiary alicyclic amines) is 4. The van der Waals surface area contributed by atoms with Crippen molar-refractivity contribution in [1.82, 2.24) is 19.6 Å². The lowest BCUT2D eigenvalue weighted by atomic mass is 9.48. The molecule has 8 aliphatic heterocycles. The van der Waals surface area contributed by atoms with Crippen LogP contribution in [0.2, 0.25) is 0 Å². The van der Waals surface area contributed by atoms with Crippen molar-refractivity contribution in [1.29, 1.82) is 0 Å². The number of rotatable bonds is 12. The van der Waals surface area contributed by atoms with Gasteiger partial charge >= 0.3 is 29.8 Å². The molecule has 16 atom stereocenters. The van der Waals surface area contributed by atoms with E-state index in [1.165, 1.54) is 36.4 Å². The monoisotopic (exact) mass is 1920 g/mol. The van der Waals surface area contributed by atoms with Crippen LogP contribution in [0.5, 0.6) is 57.5 Å².